The van der Waals surface area contributed by atoms with Crippen molar-refractivity contribution >= 4 is 28.2 Å². The maximum atomic E-state index is 6.21. The van der Waals surface area contributed by atoms with Crippen molar-refractivity contribution in [2.75, 3.05) is 5.73 Å². The molecule has 0 atom stereocenters. The van der Waals surface area contributed by atoms with Gasteiger partial charge in [0.1, 0.15) is 0 Å². The summed E-state index contributed by atoms with van der Waals surface area (Å²) >= 11 is 6.21. The largest absolute Gasteiger partial charge is 0.396 e. The van der Waals surface area contributed by atoms with E-state index < -0.39 is 0 Å². The van der Waals surface area contributed by atoms with Gasteiger partial charge in [-0.1, -0.05) is 29.8 Å². The highest BCUT2D eigenvalue weighted by Crippen LogP contribution is 2.30. The van der Waals surface area contributed by atoms with Crippen LogP contribution in [-0.2, 0) is 0 Å². The Morgan fingerprint density at radius 1 is 1.21 bits per heavy atom. The lowest BCUT2D eigenvalue weighted by atomic mass is 10.1. The minimum absolute atomic E-state index is 0.584. The summed E-state index contributed by atoms with van der Waals surface area (Å²) in [6, 6.07) is 7.84. The van der Waals surface area contributed by atoms with Gasteiger partial charge in [0.2, 0.25) is 0 Å². The summed E-state index contributed by atoms with van der Waals surface area (Å²) in [7, 11) is 0. The lowest BCUT2D eigenvalue weighted by molar-refractivity contribution is 0.840. The zero-order valence-electron chi connectivity index (χ0n) is 10.7. The van der Waals surface area contributed by atoms with Crippen molar-refractivity contribution in [2.24, 2.45) is 0 Å². The zero-order valence-corrected chi connectivity index (χ0v) is 11.4. The second-order valence-electron chi connectivity index (χ2n) is 4.48. The third kappa shape index (κ3) is 1.76. The monoisotopic (exact) mass is 272 g/mol. The van der Waals surface area contributed by atoms with Crippen LogP contribution in [-0.4, -0.2) is 14.8 Å². The van der Waals surface area contributed by atoms with Gasteiger partial charge in [-0.25, -0.2) is 4.68 Å². The van der Waals surface area contributed by atoms with E-state index in [0.29, 0.717) is 10.7 Å². The number of hydrogen-bond donors (Lipinski definition) is 1. The number of nitrogen functional groups attached to an aromatic ring is 1. The fourth-order valence-corrected chi connectivity index (χ4v) is 2.34. The van der Waals surface area contributed by atoms with Crippen LogP contribution in [0.4, 0.5) is 5.69 Å². The number of pyridine rings is 1. The lowest BCUT2D eigenvalue weighted by Gasteiger charge is -2.11. The van der Waals surface area contributed by atoms with Crippen LogP contribution in [0.2, 0.25) is 5.02 Å². The maximum Gasteiger partial charge on any atom is 0.0988 e. The molecule has 0 spiro atoms. The van der Waals surface area contributed by atoms with Crippen LogP contribution in [0.25, 0.3) is 16.6 Å². The first-order chi connectivity index (χ1) is 9.09. The molecule has 96 valence electrons. The molecule has 0 radical (unpaired) electrons. The predicted molar refractivity (Wildman–Crippen MR) is 77.8 cm³/mol. The van der Waals surface area contributed by atoms with Gasteiger partial charge in [-0.2, -0.15) is 5.10 Å². The highest BCUT2D eigenvalue weighted by atomic mass is 35.5. The third-order valence-electron chi connectivity index (χ3n) is 3.19. The molecule has 5 heteroatoms. The van der Waals surface area contributed by atoms with E-state index in [0.717, 1.165) is 28.0 Å². The molecule has 0 bridgehead atoms. The molecule has 3 rings (SSSR count). The fourth-order valence-electron chi connectivity index (χ4n) is 2.22. The van der Waals surface area contributed by atoms with E-state index >= 15 is 0 Å². The van der Waals surface area contributed by atoms with Crippen molar-refractivity contribution in [3.05, 3.63) is 46.9 Å². The molecule has 0 saturated heterocycles. The quantitative estimate of drug-likeness (QED) is 0.740. The van der Waals surface area contributed by atoms with Gasteiger partial charge in [-0.15, -0.1) is 0 Å². The summed E-state index contributed by atoms with van der Waals surface area (Å²) in [5.74, 6) is 0. The van der Waals surface area contributed by atoms with E-state index in [-0.39, 0.29) is 0 Å². The summed E-state index contributed by atoms with van der Waals surface area (Å²) < 4.78 is 1.79. The first kappa shape index (κ1) is 12.0. The van der Waals surface area contributed by atoms with Crippen molar-refractivity contribution in [1.29, 1.82) is 0 Å². The van der Waals surface area contributed by atoms with Crippen molar-refractivity contribution in [2.45, 2.75) is 13.8 Å². The lowest BCUT2D eigenvalue weighted by Crippen LogP contribution is -2.05. The fraction of sp³-hybridized carbons (Fsp3) is 0.143. The number of nitrogens with two attached hydrogens (primary N) is 1. The second kappa shape index (κ2) is 4.24. The van der Waals surface area contributed by atoms with Crippen LogP contribution in [0.3, 0.4) is 0 Å². The van der Waals surface area contributed by atoms with E-state index in [1.165, 1.54) is 0 Å². The van der Waals surface area contributed by atoms with Gasteiger partial charge in [0, 0.05) is 5.39 Å². The molecule has 0 aliphatic rings. The summed E-state index contributed by atoms with van der Waals surface area (Å²) in [5.41, 5.74) is 10.0. The van der Waals surface area contributed by atoms with Gasteiger partial charge in [-0.3, -0.25) is 4.98 Å². The zero-order chi connectivity index (χ0) is 13.6. The van der Waals surface area contributed by atoms with E-state index in [1.807, 2.05) is 38.1 Å². The van der Waals surface area contributed by atoms with Crippen LogP contribution >= 0.6 is 11.6 Å². The summed E-state index contributed by atoms with van der Waals surface area (Å²) in [6.07, 6.45) is 1.65. The van der Waals surface area contributed by atoms with Gasteiger partial charge in [0.25, 0.3) is 0 Å². The van der Waals surface area contributed by atoms with Gasteiger partial charge < -0.3 is 5.73 Å². The SMILES string of the molecule is Cc1nn(-c2c(N)cnc3ccccc23)c(C)c1Cl. The summed E-state index contributed by atoms with van der Waals surface area (Å²) in [4.78, 5) is 4.33. The van der Waals surface area contributed by atoms with Crippen LogP contribution in [0.5, 0.6) is 0 Å². The van der Waals surface area contributed by atoms with Gasteiger partial charge >= 0.3 is 0 Å². The molecule has 3 aromatic rings. The molecular formula is C14H13ClN4. The Kier molecular flexibility index (Phi) is 2.68. The molecule has 0 fully saturated rings. The molecule has 0 aliphatic heterocycles. The Morgan fingerprint density at radius 3 is 2.63 bits per heavy atom. The van der Waals surface area contributed by atoms with E-state index in [4.69, 9.17) is 17.3 Å². The Hall–Kier alpha value is -2.07. The number of rotatable bonds is 1. The Morgan fingerprint density at radius 2 is 1.95 bits per heavy atom. The molecule has 19 heavy (non-hydrogen) atoms. The first-order valence-corrected chi connectivity index (χ1v) is 6.32. The van der Waals surface area contributed by atoms with Crippen LogP contribution < -0.4 is 5.73 Å². The van der Waals surface area contributed by atoms with E-state index in [9.17, 15) is 0 Å². The Labute approximate surface area is 115 Å². The molecule has 0 saturated carbocycles. The number of nitrogens with zero attached hydrogens (tertiary/aromatic N) is 3. The van der Waals surface area contributed by atoms with Crippen molar-refractivity contribution in [3.8, 4) is 5.69 Å². The topological polar surface area (TPSA) is 56.7 Å². The number of aryl methyl sites for hydroxylation is 1. The van der Waals surface area contributed by atoms with E-state index in [1.54, 1.807) is 10.9 Å². The standard InChI is InChI=1S/C14H13ClN4/c1-8-13(15)9(2)19(18-8)14-10-5-3-4-6-12(10)17-7-11(14)16/h3-7H,16H2,1-2H3. The van der Waals surface area contributed by atoms with Crippen LogP contribution in [0.1, 0.15) is 11.4 Å². The average Bonchev–Trinajstić information content (AvgIpc) is 2.66. The normalized spacial score (nSPS) is 11.1. The number of halogens is 1. The number of aromatic nitrogens is 3. The molecule has 4 nitrogen and oxygen atoms in total. The van der Waals surface area contributed by atoms with Gasteiger partial charge in [-0.05, 0) is 19.9 Å². The van der Waals surface area contributed by atoms with Crippen molar-refractivity contribution < 1.29 is 0 Å². The van der Waals surface area contributed by atoms with Crippen molar-refractivity contribution in [1.82, 2.24) is 14.8 Å². The van der Waals surface area contributed by atoms with Gasteiger partial charge in [0.05, 0.1) is 39.5 Å². The molecule has 2 heterocycles. The molecule has 0 unspecified atom stereocenters. The molecule has 2 aromatic heterocycles. The Bertz CT molecular complexity index is 776. The summed E-state index contributed by atoms with van der Waals surface area (Å²) in [5, 5.41) is 6.10. The highest BCUT2D eigenvalue weighted by Gasteiger charge is 2.15. The average molecular weight is 273 g/mol. The van der Waals surface area contributed by atoms with Crippen LogP contribution in [0, 0.1) is 13.8 Å². The Balaban J connectivity index is 2.41. The highest BCUT2D eigenvalue weighted by molar-refractivity contribution is 6.31. The smallest absolute Gasteiger partial charge is 0.0988 e. The predicted octanol–water partition coefficient (Wildman–Crippen LogP) is 3.27. The number of para-hydroxylation sites is 1. The van der Waals surface area contributed by atoms with E-state index in [2.05, 4.69) is 10.1 Å². The molecule has 2 N–H and O–H groups in total. The minimum atomic E-state index is 0.584. The molecular weight excluding hydrogens is 260 g/mol. The van der Waals surface area contributed by atoms with Crippen LogP contribution in [0.15, 0.2) is 30.5 Å². The molecule has 0 amide bonds. The minimum Gasteiger partial charge on any atom is -0.396 e. The summed E-state index contributed by atoms with van der Waals surface area (Å²) in [6.45, 7) is 3.81. The maximum absolute atomic E-state index is 6.21. The first-order valence-electron chi connectivity index (χ1n) is 5.95. The number of benzene rings is 1. The number of hydrogen-bond acceptors (Lipinski definition) is 3. The molecule has 1 aromatic carbocycles. The third-order valence-corrected chi connectivity index (χ3v) is 3.74. The van der Waals surface area contributed by atoms with Crippen molar-refractivity contribution in [3.63, 3.8) is 0 Å². The number of anilines is 1. The second-order valence-corrected chi connectivity index (χ2v) is 4.85. The molecule has 0 aliphatic carbocycles. The van der Waals surface area contributed by atoms with Gasteiger partial charge in [0.15, 0.2) is 0 Å². The number of fused-ring (bicyclic) bond motifs is 1.